The minimum absolute atomic E-state index is 0.164. The summed E-state index contributed by atoms with van der Waals surface area (Å²) >= 11 is 0. The van der Waals surface area contributed by atoms with Crippen LogP contribution in [0.2, 0.25) is 0 Å². The molecule has 2 amide bonds. The van der Waals surface area contributed by atoms with Crippen LogP contribution in [-0.2, 0) is 4.74 Å². The number of rotatable bonds is 4. The predicted octanol–water partition coefficient (Wildman–Crippen LogP) is 0.757. The van der Waals surface area contributed by atoms with Crippen LogP contribution in [0.1, 0.15) is 20.3 Å². The van der Waals surface area contributed by atoms with Gasteiger partial charge in [-0.3, -0.25) is 0 Å². The maximum absolute atomic E-state index is 12.1. The van der Waals surface area contributed by atoms with Crippen LogP contribution in [0.4, 0.5) is 4.79 Å². The molecule has 5 heteroatoms. The van der Waals surface area contributed by atoms with Crippen LogP contribution in [0.5, 0.6) is 0 Å². The molecule has 2 aliphatic heterocycles. The minimum atomic E-state index is 0.164. The molecule has 0 aromatic carbocycles. The van der Waals surface area contributed by atoms with E-state index < -0.39 is 0 Å². The molecular formula is C13H25N3O2. The summed E-state index contributed by atoms with van der Waals surface area (Å²) in [6.07, 6.45) is 1.19. The smallest absolute Gasteiger partial charge is 0.320 e. The number of nitrogens with one attached hydrogen (secondary N) is 1. The summed E-state index contributed by atoms with van der Waals surface area (Å²) < 4.78 is 5.66. The topological polar surface area (TPSA) is 44.8 Å². The summed E-state index contributed by atoms with van der Waals surface area (Å²) in [7, 11) is 1.91. The van der Waals surface area contributed by atoms with Gasteiger partial charge in [0.25, 0.3) is 0 Å². The first-order valence-corrected chi connectivity index (χ1v) is 6.93. The van der Waals surface area contributed by atoms with Gasteiger partial charge in [-0.25, -0.2) is 4.79 Å². The van der Waals surface area contributed by atoms with Crippen molar-refractivity contribution in [2.75, 3.05) is 39.8 Å². The van der Waals surface area contributed by atoms with Gasteiger partial charge in [0.15, 0.2) is 0 Å². The Morgan fingerprint density at radius 1 is 1.50 bits per heavy atom. The SMILES string of the molecule is CC(C)C1CN(CCC2CNCCO2)C(=O)N1C. The van der Waals surface area contributed by atoms with Crippen molar-refractivity contribution in [3.05, 3.63) is 0 Å². The van der Waals surface area contributed by atoms with E-state index >= 15 is 0 Å². The molecular weight excluding hydrogens is 230 g/mol. The number of urea groups is 1. The van der Waals surface area contributed by atoms with Gasteiger partial charge in [0.1, 0.15) is 0 Å². The molecule has 104 valence electrons. The summed E-state index contributed by atoms with van der Waals surface area (Å²) in [5.74, 6) is 0.511. The number of hydrogen-bond donors (Lipinski definition) is 1. The second-order valence-electron chi connectivity index (χ2n) is 5.64. The Morgan fingerprint density at radius 2 is 2.28 bits per heavy atom. The van der Waals surface area contributed by atoms with Crippen molar-refractivity contribution in [2.24, 2.45) is 5.92 Å². The van der Waals surface area contributed by atoms with Gasteiger partial charge in [0.2, 0.25) is 0 Å². The van der Waals surface area contributed by atoms with Crippen LogP contribution in [0.3, 0.4) is 0 Å². The lowest BCUT2D eigenvalue weighted by molar-refractivity contribution is 0.0200. The Bertz CT molecular complexity index is 290. The monoisotopic (exact) mass is 255 g/mol. The molecule has 1 N–H and O–H groups in total. The molecule has 0 radical (unpaired) electrons. The number of morpholine rings is 1. The molecule has 0 spiro atoms. The van der Waals surface area contributed by atoms with Crippen molar-refractivity contribution < 1.29 is 9.53 Å². The van der Waals surface area contributed by atoms with Gasteiger partial charge >= 0.3 is 6.03 Å². The number of likely N-dealkylation sites (N-methyl/N-ethyl adjacent to an activating group) is 1. The Morgan fingerprint density at radius 3 is 2.83 bits per heavy atom. The van der Waals surface area contributed by atoms with Crippen LogP contribution >= 0.6 is 0 Å². The first kappa shape index (κ1) is 13.6. The Labute approximate surface area is 109 Å². The minimum Gasteiger partial charge on any atom is -0.376 e. The van der Waals surface area contributed by atoms with E-state index in [-0.39, 0.29) is 12.1 Å². The van der Waals surface area contributed by atoms with E-state index in [9.17, 15) is 4.79 Å². The number of ether oxygens (including phenoxy) is 1. The number of carbonyl (C=O) groups is 1. The lowest BCUT2D eigenvalue weighted by Gasteiger charge is -2.25. The van der Waals surface area contributed by atoms with Gasteiger partial charge in [-0.05, 0) is 12.3 Å². The fourth-order valence-corrected chi connectivity index (χ4v) is 2.74. The van der Waals surface area contributed by atoms with Crippen LogP contribution in [0.15, 0.2) is 0 Å². The third kappa shape index (κ3) is 2.95. The summed E-state index contributed by atoms with van der Waals surface area (Å²) in [5.41, 5.74) is 0. The maximum Gasteiger partial charge on any atom is 0.320 e. The van der Waals surface area contributed by atoms with E-state index in [2.05, 4.69) is 19.2 Å². The van der Waals surface area contributed by atoms with Crippen LogP contribution in [0, 0.1) is 5.92 Å². The van der Waals surface area contributed by atoms with Gasteiger partial charge in [-0.1, -0.05) is 13.8 Å². The van der Waals surface area contributed by atoms with Crippen molar-refractivity contribution in [3.63, 3.8) is 0 Å². The average Bonchev–Trinajstić information content (AvgIpc) is 2.65. The standard InChI is InChI=1S/C13H25N3O2/c1-10(2)12-9-16(13(17)15(12)3)6-4-11-8-14-5-7-18-11/h10-12,14H,4-9H2,1-3H3. The molecule has 2 rings (SSSR count). The lowest BCUT2D eigenvalue weighted by Crippen LogP contribution is -2.41. The highest BCUT2D eigenvalue weighted by Crippen LogP contribution is 2.20. The highest BCUT2D eigenvalue weighted by molar-refractivity contribution is 5.76. The van der Waals surface area contributed by atoms with Crippen molar-refractivity contribution in [3.8, 4) is 0 Å². The largest absolute Gasteiger partial charge is 0.376 e. The fourth-order valence-electron chi connectivity index (χ4n) is 2.74. The van der Waals surface area contributed by atoms with E-state index in [4.69, 9.17) is 4.74 Å². The van der Waals surface area contributed by atoms with E-state index in [0.29, 0.717) is 12.0 Å². The summed E-state index contributed by atoms with van der Waals surface area (Å²) in [6.45, 7) is 8.64. The Balaban J connectivity index is 1.81. The molecule has 0 aliphatic carbocycles. The molecule has 2 saturated heterocycles. The molecule has 2 unspecified atom stereocenters. The first-order valence-electron chi connectivity index (χ1n) is 6.93. The number of nitrogens with zero attached hydrogens (tertiary/aromatic N) is 2. The molecule has 2 heterocycles. The summed E-state index contributed by atoms with van der Waals surface area (Å²) in [5, 5.41) is 3.32. The number of carbonyl (C=O) groups excluding carboxylic acids is 1. The summed E-state index contributed by atoms with van der Waals surface area (Å²) in [4.78, 5) is 15.9. The van der Waals surface area contributed by atoms with Crippen LogP contribution in [0.25, 0.3) is 0 Å². The molecule has 0 aromatic rings. The fraction of sp³-hybridized carbons (Fsp3) is 0.923. The maximum atomic E-state index is 12.1. The second kappa shape index (κ2) is 5.89. The molecule has 2 aliphatic rings. The van der Waals surface area contributed by atoms with Crippen LogP contribution in [-0.4, -0.2) is 67.8 Å². The van der Waals surface area contributed by atoms with E-state index in [1.54, 1.807) is 0 Å². The highest BCUT2D eigenvalue weighted by atomic mass is 16.5. The van der Waals surface area contributed by atoms with Gasteiger partial charge in [-0.2, -0.15) is 0 Å². The number of hydrogen-bond acceptors (Lipinski definition) is 3. The zero-order valence-electron chi connectivity index (χ0n) is 11.7. The van der Waals surface area contributed by atoms with E-state index in [1.165, 1.54) is 0 Å². The van der Waals surface area contributed by atoms with Gasteiger partial charge in [0.05, 0.1) is 18.8 Å². The van der Waals surface area contributed by atoms with Crippen molar-refractivity contribution in [1.29, 1.82) is 0 Å². The predicted molar refractivity (Wildman–Crippen MR) is 70.6 cm³/mol. The van der Waals surface area contributed by atoms with E-state index in [1.807, 2.05) is 16.8 Å². The molecule has 5 nitrogen and oxygen atoms in total. The molecule has 18 heavy (non-hydrogen) atoms. The van der Waals surface area contributed by atoms with Crippen molar-refractivity contribution in [1.82, 2.24) is 15.1 Å². The zero-order valence-corrected chi connectivity index (χ0v) is 11.7. The van der Waals surface area contributed by atoms with Crippen LogP contribution < -0.4 is 5.32 Å². The average molecular weight is 255 g/mol. The normalized spacial score (nSPS) is 29.4. The third-order valence-electron chi connectivity index (χ3n) is 3.97. The van der Waals surface area contributed by atoms with Crippen molar-refractivity contribution in [2.45, 2.75) is 32.4 Å². The lowest BCUT2D eigenvalue weighted by atomic mass is 10.0. The quantitative estimate of drug-likeness (QED) is 0.806. The van der Waals surface area contributed by atoms with Gasteiger partial charge in [0, 0.05) is 33.2 Å². The molecule has 0 aromatic heterocycles. The third-order valence-corrected chi connectivity index (χ3v) is 3.97. The molecule has 0 bridgehead atoms. The Hall–Kier alpha value is -0.810. The first-order chi connectivity index (χ1) is 8.59. The molecule has 0 saturated carbocycles. The molecule has 2 fully saturated rings. The van der Waals surface area contributed by atoms with Gasteiger partial charge < -0.3 is 19.9 Å². The van der Waals surface area contributed by atoms with E-state index in [0.717, 1.165) is 39.2 Å². The highest BCUT2D eigenvalue weighted by Gasteiger charge is 2.36. The van der Waals surface area contributed by atoms with Crippen molar-refractivity contribution >= 4 is 6.03 Å². The number of amides is 2. The summed E-state index contributed by atoms with van der Waals surface area (Å²) in [6, 6.07) is 0.514. The second-order valence-corrected chi connectivity index (χ2v) is 5.64. The zero-order chi connectivity index (χ0) is 13.1. The molecule has 2 atom stereocenters. The Kier molecular flexibility index (Phi) is 4.45. The van der Waals surface area contributed by atoms with Gasteiger partial charge in [-0.15, -0.1) is 0 Å².